The van der Waals surface area contributed by atoms with Crippen molar-refractivity contribution in [3.05, 3.63) is 42.5 Å². The number of rotatable bonds is 3. The Morgan fingerprint density at radius 2 is 1.80 bits per heavy atom. The molecular formula is C10H10N4O. The third kappa shape index (κ3) is 2.26. The van der Waals surface area contributed by atoms with Gasteiger partial charge in [-0.2, -0.15) is 0 Å². The monoisotopic (exact) mass is 202 g/mol. The molecule has 0 aliphatic heterocycles. The number of hydrogen-bond donors (Lipinski definition) is 1. The van der Waals surface area contributed by atoms with Crippen molar-refractivity contribution in [2.75, 3.05) is 0 Å². The smallest absolute Gasteiger partial charge is 0.321 e. The first-order valence-electron chi connectivity index (χ1n) is 4.49. The van der Waals surface area contributed by atoms with Crippen molar-refractivity contribution in [3.8, 4) is 11.8 Å². The van der Waals surface area contributed by atoms with Gasteiger partial charge in [-0.25, -0.2) is 9.97 Å². The zero-order valence-corrected chi connectivity index (χ0v) is 8.00. The van der Waals surface area contributed by atoms with Crippen molar-refractivity contribution in [1.82, 2.24) is 15.0 Å². The second-order valence-electron chi connectivity index (χ2n) is 2.79. The van der Waals surface area contributed by atoms with Crippen LogP contribution in [-0.4, -0.2) is 15.0 Å². The molecule has 0 fully saturated rings. The van der Waals surface area contributed by atoms with E-state index in [-0.39, 0.29) is 0 Å². The molecule has 5 nitrogen and oxygen atoms in total. The molecule has 0 saturated carbocycles. The van der Waals surface area contributed by atoms with Gasteiger partial charge in [0.25, 0.3) is 0 Å². The van der Waals surface area contributed by atoms with Gasteiger partial charge in [0.2, 0.25) is 0 Å². The van der Waals surface area contributed by atoms with Crippen LogP contribution < -0.4 is 10.5 Å². The van der Waals surface area contributed by atoms with Crippen molar-refractivity contribution >= 4 is 0 Å². The average molecular weight is 202 g/mol. The summed E-state index contributed by atoms with van der Waals surface area (Å²) in [6.45, 7) is 0.322. The molecule has 0 saturated heterocycles. The minimum Gasteiger partial charge on any atom is -0.422 e. The molecule has 5 heteroatoms. The van der Waals surface area contributed by atoms with Crippen molar-refractivity contribution < 1.29 is 4.74 Å². The Kier molecular flexibility index (Phi) is 2.85. The van der Waals surface area contributed by atoms with Gasteiger partial charge in [0.15, 0.2) is 5.75 Å². The maximum atomic E-state index is 5.52. The number of aromatic nitrogens is 3. The van der Waals surface area contributed by atoms with Gasteiger partial charge in [0, 0.05) is 25.1 Å². The number of pyridine rings is 1. The fourth-order valence-electron chi connectivity index (χ4n) is 1.11. The first kappa shape index (κ1) is 9.54. The Hall–Kier alpha value is -2.01. The van der Waals surface area contributed by atoms with Gasteiger partial charge in [-0.1, -0.05) is 0 Å². The molecule has 2 aromatic rings. The summed E-state index contributed by atoms with van der Waals surface area (Å²) in [5, 5.41) is 0. The Balaban J connectivity index is 2.24. The topological polar surface area (TPSA) is 73.9 Å². The summed E-state index contributed by atoms with van der Waals surface area (Å²) >= 11 is 0. The molecule has 0 bridgehead atoms. The molecule has 0 aliphatic carbocycles. The maximum absolute atomic E-state index is 5.52. The van der Waals surface area contributed by atoms with Crippen molar-refractivity contribution in [3.63, 3.8) is 0 Å². The van der Waals surface area contributed by atoms with Gasteiger partial charge in [0.05, 0.1) is 5.69 Å². The zero-order valence-electron chi connectivity index (χ0n) is 8.00. The summed E-state index contributed by atoms with van der Waals surface area (Å²) in [6, 6.07) is 5.57. The third-order valence-electron chi connectivity index (χ3n) is 1.79. The normalized spacial score (nSPS) is 9.93. The largest absolute Gasteiger partial charge is 0.422 e. The van der Waals surface area contributed by atoms with Crippen LogP contribution in [0, 0.1) is 0 Å². The molecule has 15 heavy (non-hydrogen) atoms. The Labute approximate surface area is 87.0 Å². The second-order valence-corrected chi connectivity index (χ2v) is 2.79. The lowest BCUT2D eigenvalue weighted by Crippen LogP contribution is -2.02. The van der Waals surface area contributed by atoms with E-state index in [0.717, 1.165) is 0 Å². The van der Waals surface area contributed by atoms with E-state index in [4.69, 9.17) is 10.5 Å². The van der Waals surface area contributed by atoms with E-state index < -0.39 is 0 Å². The fraction of sp³-hybridized carbons (Fsp3) is 0.100. The van der Waals surface area contributed by atoms with Gasteiger partial charge in [-0.3, -0.25) is 4.98 Å². The predicted octanol–water partition coefficient (Wildman–Crippen LogP) is 1.12. The number of ether oxygens (including phenoxy) is 1. The van der Waals surface area contributed by atoms with E-state index in [0.29, 0.717) is 24.0 Å². The van der Waals surface area contributed by atoms with Crippen LogP contribution in [-0.2, 0) is 6.54 Å². The third-order valence-corrected chi connectivity index (χ3v) is 1.79. The second kappa shape index (κ2) is 4.47. The molecule has 0 aromatic carbocycles. The summed E-state index contributed by atoms with van der Waals surface area (Å²) in [6.07, 6.45) is 4.89. The van der Waals surface area contributed by atoms with E-state index >= 15 is 0 Å². The molecule has 2 heterocycles. The van der Waals surface area contributed by atoms with Gasteiger partial charge >= 0.3 is 6.01 Å². The van der Waals surface area contributed by atoms with Gasteiger partial charge < -0.3 is 10.5 Å². The lowest BCUT2D eigenvalue weighted by molar-refractivity contribution is 0.433. The van der Waals surface area contributed by atoms with E-state index in [1.807, 2.05) is 0 Å². The quantitative estimate of drug-likeness (QED) is 0.807. The van der Waals surface area contributed by atoms with Crippen LogP contribution in [0.1, 0.15) is 5.69 Å². The highest BCUT2D eigenvalue weighted by atomic mass is 16.5. The molecular weight excluding hydrogens is 192 g/mol. The first-order chi connectivity index (χ1) is 7.40. The molecule has 2 aromatic heterocycles. The minimum atomic E-state index is 0.292. The number of hydrogen-bond acceptors (Lipinski definition) is 5. The van der Waals surface area contributed by atoms with Crippen LogP contribution in [0.15, 0.2) is 36.8 Å². The molecule has 0 amide bonds. The highest BCUT2D eigenvalue weighted by molar-refractivity contribution is 5.28. The van der Waals surface area contributed by atoms with Crippen LogP contribution in [0.2, 0.25) is 0 Å². The Morgan fingerprint density at radius 1 is 1.07 bits per heavy atom. The molecule has 0 aliphatic rings. The molecule has 0 unspecified atom stereocenters. The van der Waals surface area contributed by atoms with Crippen molar-refractivity contribution in [1.29, 1.82) is 0 Å². The number of nitrogens with two attached hydrogens (primary N) is 1. The first-order valence-corrected chi connectivity index (χ1v) is 4.49. The molecule has 0 atom stereocenters. The Morgan fingerprint density at radius 3 is 2.53 bits per heavy atom. The maximum Gasteiger partial charge on any atom is 0.321 e. The van der Waals surface area contributed by atoms with Crippen LogP contribution in [0.5, 0.6) is 11.8 Å². The number of nitrogens with zero attached hydrogens (tertiary/aromatic N) is 3. The zero-order chi connectivity index (χ0) is 10.5. The van der Waals surface area contributed by atoms with Crippen LogP contribution >= 0.6 is 0 Å². The highest BCUT2D eigenvalue weighted by Gasteiger charge is 2.04. The van der Waals surface area contributed by atoms with E-state index in [2.05, 4.69) is 15.0 Å². The van der Waals surface area contributed by atoms with Gasteiger partial charge in [0.1, 0.15) is 0 Å². The standard InChI is InChI=1S/C10H10N4O/c11-7-8-9(3-1-4-12-8)15-10-13-5-2-6-14-10/h1-6H,7,11H2. The molecule has 2 rings (SSSR count). The average Bonchev–Trinajstić information content (AvgIpc) is 2.31. The molecule has 0 radical (unpaired) electrons. The van der Waals surface area contributed by atoms with Crippen molar-refractivity contribution in [2.45, 2.75) is 6.54 Å². The summed E-state index contributed by atoms with van der Waals surface area (Å²) in [4.78, 5) is 12.0. The minimum absolute atomic E-state index is 0.292. The summed E-state index contributed by atoms with van der Waals surface area (Å²) in [5.41, 5.74) is 6.21. The van der Waals surface area contributed by atoms with E-state index in [9.17, 15) is 0 Å². The SMILES string of the molecule is NCc1ncccc1Oc1ncccn1. The van der Waals surface area contributed by atoms with E-state index in [1.165, 1.54) is 0 Å². The van der Waals surface area contributed by atoms with Crippen LogP contribution in [0.4, 0.5) is 0 Å². The lowest BCUT2D eigenvalue weighted by atomic mass is 10.3. The van der Waals surface area contributed by atoms with Crippen LogP contribution in [0.25, 0.3) is 0 Å². The predicted molar refractivity (Wildman–Crippen MR) is 54.2 cm³/mol. The summed E-state index contributed by atoms with van der Waals surface area (Å²) < 4.78 is 5.44. The summed E-state index contributed by atoms with van der Waals surface area (Å²) in [5.74, 6) is 0.589. The Bertz CT molecular complexity index is 432. The van der Waals surface area contributed by atoms with Crippen LogP contribution in [0.3, 0.4) is 0 Å². The molecule has 2 N–H and O–H groups in total. The lowest BCUT2D eigenvalue weighted by Gasteiger charge is -2.06. The van der Waals surface area contributed by atoms with Gasteiger partial charge in [-0.15, -0.1) is 0 Å². The van der Waals surface area contributed by atoms with Gasteiger partial charge in [-0.05, 0) is 18.2 Å². The summed E-state index contributed by atoms with van der Waals surface area (Å²) in [7, 11) is 0. The highest BCUT2D eigenvalue weighted by Crippen LogP contribution is 2.19. The van der Waals surface area contributed by atoms with Crippen molar-refractivity contribution in [2.24, 2.45) is 5.73 Å². The molecule has 76 valence electrons. The molecule has 0 spiro atoms. The van der Waals surface area contributed by atoms with E-state index in [1.54, 1.807) is 36.8 Å². The fourth-order valence-corrected chi connectivity index (χ4v) is 1.11.